The van der Waals surface area contributed by atoms with E-state index in [4.69, 9.17) is 19.0 Å². The highest BCUT2D eigenvalue weighted by Gasteiger charge is 2.14. The Kier molecular flexibility index (Phi) is 5.23. The molecule has 9 nitrogen and oxygen atoms in total. The number of fused-ring (bicyclic) bond motifs is 1. The molecule has 156 valence electrons. The van der Waals surface area contributed by atoms with Gasteiger partial charge in [-0.3, -0.25) is 9.59 Å². The maximum absolute atomic E-state index is 12.3. The van der Waals surface area contributed by atoms with Crippen LogP contribution >= 0.6 is 0 Å². The van der Waals surface area contributed by atoms with E-state index in [2.05, 4.69) is 4.98 Å². The van der Waals surface area contributed by atoms with Gasteiger partial charge in [-0.2, -0.15) is 0 Å². The van der Waals surface area contributed by atoms with Crippen molar-refractivity contribution in [2.24, 2.45) is 0 Å². The standard InChI is InChI=1S/C22H16N2O7/c1-29-15-6-8-17(9-7-15)30-16-4-2-13(3-5-16)14-10-18-20(23-11-14)21(27)24(12-19(25)26)22(28)31-18/h2-11H,12H2,1H3,(H,25,26). The van der Waals surface area contributed by atoms with Gasteiger partial charge in [0, 0.05) is 11.8 Å². The molecule has 0 fully saturated rings. The summed E-state index contributed by atoms with van der Waals surface area (Å²) >= 11 is 0. The fourth-order valence-electron chi connectivity index (χ4n) is 2.97. The summed E-state index contributed by atoms with van der Waals surface area (Å²) in [7, 11) is 1.59. The molecule has 31 heavy (non-hydrogen) atoms. The van der Waals surface area contributed by atoms with Crippen LogP contribution in [0.15, 0.2) is 74.8 Å². The van der Waals surface area contributed by atoms with Crippen molar-refractivity contribution in [3.63, 3.8) is 0 Å². The largest absolute Gasteiger partial charge is 0.497 e. The molecule has 0 aliphatic heterocycles. The molecule has 0 aliphatic carbocycles. The topological polar surface area (TPSA) is 121 Å². The predicted octanol–water partition coefficient (Wildman–Crippen LogP) is 2.90. The van der Waals surface area contributed by atoms with Crippen LogP contribution in [0.2, 0.25) is 0 Å². The molecule has 0 unspecified atom stereocenters. The Balaban J connectivity index is 1.61. The van der Waals surface area contributed by atoms with Gasteiger partial charge in [0.1, 0.15) is 23.8 Å². The van der Waals surface area contributed by atoms with Crippen LogP contribution < -0.4 is 20.8 Å². The highest BCUT2D eigenvalue weighted by molar-refractivity contribution is 5.78. The first kappa shape index (κ1) is 19.9. The highest BCUT2D eigenvalue weighted by Crippen LogP contribution is 2.27. The van der Waals surface area contributed by atoms with E-state index in [1.807, 2.05) is 0 Å². The lowest BCUT2D eigenvalue weighted by Crippen LogP contribution is -2.35. The van der Waals surface area contributed by atoms with Crippen molar-refractivity contribution in [1.29, 1.82) is 0 Å². The van der Waals surface area contributed by atoms with Crippen LogP contribution in [0.25, 0.3) is 22.2 Å². The second-order valence-electron chi connectivity index (χ2n) is 6.53. The molecule has 4 rings (SSSR count). The predicted molar refractivity (Wildman–Crippen MR) is 111 cm³/mol. The SMILES string of the molecule is COc1ccc(Oc2ccc(-c3cnc4c(=O)n(CC(=O)O)c(=O)oc4c3)cc2)cc1. The zero-order chi connectivity index (χ0) is 22.0. The third kappa shape index (κ3) is 4.15. The summed E-state index contributed by atoms with van der Waals surface area (Å²) in [5.74, 6) is -0.386. The van der Waals surface area contributed by atoms with Gasteiger partial charge < -0.3 is 19.0 Å². The van der Waals surface area contributed by atoms with E-state index >= 15 is 0 Å². The van der Waals surface area contributed by atoms with E-state index in [9.17, 15) is 14.4 Å². The van der Waals surface area contributed by atoms with Crippen LogP contribution in [0.5, 0.6) is 17.2 Å². The van der Waals surface area contributed by atoms with Crippen molar-refractivity contribution in [2.45, 2.75) is 6.54 Å². The fourth-order valence-corrected chi connectivity index (χ4v) is 2.97. The van der Waals surface area contributed by atoms with Crippen LogP contribution in [-0.4, -0.2) is 27.7 Å². The number of aromatic nitrogens is 2. The van der Waals surface area contributed by atoms with Gasteiger partial charge in [-0.05, 0) is 48.0 Å². The highest BCUT2D eigenvalue weighted by atomic mass is 16.5. The van der Waals surface area contributed by atoms with E-state index in [1.54, 1.807) is 55.6 Å². The van der Waals surface area contributed by atoms with Gasteiger partial charge in [0.25, 0.3) is 5.56 Å². The Hall–Kier alpha value is -4.40. The molecule has 2 heterocycles. The lowest BCUT2D eigenvalue weighted by Gasteiger charge is -2.08. The van der Waals surface area contributed by atoms with Crippen molar-refractivity contribution >= 4 is 17.1 Å². The van der Waals surface area contributed by atoms with E-state index in [1.165, 1.54) is 12.3 Å². The normalized spacial score (nSPS) is 10.7. The average Bonchev–Trinajstić information content (AvgIpc) is 2.77. The van der Waals surface area contributed by atoms with E-state index in [0.717, 1.165) is 11.3 Å². The zero-order valence-electron chi connectivity index (χ0n) is 16.3. The van der Waals surface area contributed by atoms with Gasteiger partial charge in [-0.1, -0.05) is 12.1 Å². The quantitative estimate of drug-likeness (QED) is 0.505. The van der Waals surface area contributed by atoms with Crippen LogP contribution in [0.4, 0.5) is 0 Å². The first-order chi connectivity index (χ1) is 14.9. The minimum absolute atomic E-state index is 0.0206. The maximum Gasteiger partial charge on any atom is 0.422 e. The van der Waals surface area contributed by atoms with Gasteiger partial charge in [0.2, 0.25) is 0 Å². The Labute approximate surface area is 174 Å². The summed E-state index contributed by atoms with van der Waals surface area (Å²) in [6.07, 6.45) is 1.45. The zero-order valence-corrected chi connectivity index (χ0v) is 16.3. The number of hydrogen-bond donors (Lipinski definition) is 1. The van der Waals surface area contributed by atoms with Crippen LogP contribution in [0.3, 0.4) is 0 Å². The maximum atomic E-state index is 12.3. The molecule has 0 saturated carbocycles. The third-order valence-corrected chi connectivity index (χ3v) is 4.49. The van der Waals surface area contributed by atoms with Crippen molar-refractivity contribution < 1.29 is 23.8 Å². The Morgan fingerprint density at radius 2 is 1.61 bits per heavy atom. The van der Waals surface area contributed by atoms with Crippen LogP contribution in [0, 0.1) is 0 Å². The molecule has 0 spiro atoms. The minimum Gasteiger partial charge on any atom is -0.497 e. The van der Waals surface area contributed by atoms with Gasteiger partial charge in [0.05, 0.1) is 7.11 Å². The number of benzene rings is 2. The molecule has 0 aliphatic rings. The first-order valence-electron chi connectivity index (χ1n) is 9.12. The monoisotopic (exact) mass is 420 g/mol. The molecule has 2 aromatic carbocycles. The van der Waals surface area contributed by atoms with Crippen LogP contribution in [-0.2, 0) is 11.3 Å². The Morgan fingerprint density at radius 1 is 1.00 bits per heavy atom. The molecule has 0 amide bonds. The number of aliphatic carboxylic acids is 1. The number of carboxylic acids is 1. The lowest BCUT2D eigenvalue weighted by atomic mass is 10.1. The number of hydrogen-bond acceptors (Lipinski definition) is 7. The minimum atomic E-state index is -1.33. The molecule has 4 aromatic rings. The van der Waals surface area contributed by atoms with Crippen LogP contribution in [0.1, 0.15) is 0 Å². The van der Waals surface area contributed by atoms with Gasteiger partial charge in [-0.15, -0.1) is 0 Å². The van der Waals surface area contributed by atoms with Crippen molar-refractivity contribution in [3.8, 4) is 28.4 Å². The van der Waals surface area contributed by atoms with E-state index < -0.39 is 23.8 Å². The summed E-state index contributed by atoms with van der Waals surface area (Å²) in [6, 6.07) is 15.8. The number of ether oxygens (including phenoxy) is 2. The molecule has 1 N–H and O–H groups in total. The fraction of sp³-hybridized carbons (Fsp3) is 0.0909. The summed E-state index contributed by atoms with van der Waals surface area (Å²) in [5, 5.41) is 8.84. The van der Waals surface area contributed by atoms with Gasteiger partial charge >= 0.3 is 11.7 Å². The average molecular weight is 420 g/mol. The Bertz CT molecular complexity index is 1370. The molecule has 0 saturated heterocycles. The molecule has 9 heteroatoms. The third-order valence-electron chi connectivity index (χ3n) is 4.49. The smallest absolute Gasteiger partial charge is 0.422 e. The lowest BCUT2D eigenvalue weighted by molar-refractivity contribution is -0.137. The molecular weight excluding hydrogens is 404 g/mol. The Morgan fingerprint density at radius 3 is 2.23 bits per heavy atom. The number of carboxylic acid groups (broad SMARTS) is 1. The number of pyridine rings is 1. The summed E-state index contributed by atoms with van der Waals surface area (Å²) in [4.78, 5) is 39.2. The van der Waals surface area contributed by atoms with Crippen molar-refractivity contribution in [1.82, 2.24) is 9.55 Å². The molecule has 0 atom stereocenters. The van der Waals surface area contributed by atoms with E-state index in [0.29, 0.717) is 21.6 Å². The van der Waals surface area contributed by atoms with E-state index in [-0.39, 0.29) is 11.1 Å². The number of carbonyl (C=O) groups is 1. The molecule has 2 aromatic heterocycles. The number of rotatable bonds is 6. The van der Waals surface area contributed by atoms with Crippen molar-refractivity contribution in [2.75, 3.05) is 7.11 Å². The summed E-state index contributed by atoms with van der Waals surface area (Å²) < 4.78 is 16.5. The molecule has 0 radical (unpaired) electrons. The molecular formula is C22H16N2O7. The molecule has 0 bridgehead atoms. The second-order valence-corrected chi connectivity index (χ2v) is 6.53. The number of methoxy groups -OCH3 is 1. The number of nitrogens with zero attached hydrogens (tertiary/aromatic N) is 2. The summed E-state index contributed by atoms with van der Waals surface area (Å²) in [5.41, 5.74) is 0.413. The van der Waals surface area contributed by atoms with Crippen molar-refractivity contribution in [3.05, 3.63) is 81.7 Å². The first-order valence-corrected chi connectivity index (χ1v) is 9.12. The van der Waals surface area contributed by atoms with Gasteiger partial charge in [0.15, 0.2) is 11.1 Å². The summed E-state index contributed by atoms with van der Waals surface area (Å²) in [6.45, 7) is -0.795. The van der Waals surface area contributed by atoms with Gasteiger partial charge in [-0.25, -0.2) is 14.3 Å². The second kappa shape index (κ2) is 8.15.